The molecule has 8 nitrogen and oxygen atoms in total. The number of nitrogens with one attached hydrogen (secondary N) is 2. The standard InChI is InChI=1S/C8H9NO2.C6H6BrN.C6H10N2O2/c1-11-7-4-2-6(3-5-7)8(9)10;7-5-1-3-6(8)4-2-5;1-3-10-6(9)5(8)4(2)7/h2-5H,1H3,(H2,9,10);1-4H,8H2;7-8H,3H2,1-2H3. The molecule has 0 aliphatic heterocycles. The van der Waals surface area contributed by atoms with Gasteiger partial charge in [-0.1, -0.05) is 15.9 Å². The SMILES string of the molecule is CCOC(=O)C(=N)C(C)=N.COc1ccc(C(N)=O)cc1.Nc1ccc(Br)cc1. The number of primary amides is 1. The molecule has 2 aromatic rings. The van der Waals surface area contributed by atoms with Gasteiger partial charge in [-0.3, -0.25) is 10.2 Å². The highest BCUT2D eigenvalue weighted by molar-refractivity contribution is 9.10. The van der Waals surface area contributed by atoms with Crippen LogP contribution < -0.4 is 16.2 Å². The molecule has 0 spiro atoms. The molecule has 0 atom stereocenters. The van der Waals surface area contributed by atoms with Crippen molar-refractivity contribution in [1.82, 2.24) is 0 Å². The molecule has 0 unspecified atom stereocenters. The van der Waals surface area contributed by atoms with Gasteiger partial charge in [-0.05, 0) is 62.4 Å². The molecule has 0 saturated carbocycles. The summed E-state index contributed by atoms with van der Waals surface area (Å²) in [6, 6.07) is 14.2. The molecule has 1 amide bonds. The van der Waals surface area contributed by atoms with Gasteiger partial charge >= 0.3 is 5.97 Å². The fraction of sp³-hybridized carbons (Fsp3) is 0.200. The number of halogens is 1. The third-order valence-corrected chi connectivity index (χ3v) is 3.63. The quantitative estimate of drug-likeness (QED) is 0.303. The van der Waals surface area contributed by atoms with Crippen LogP contribution in [0.3, 0.4) is 0 Å². The van der Waals surface area contributed by atoms with Crippen LogP contribution in [0.2, 0.25) is 0 Å². The predicted octanol–water partition coefficient (Wildman–Crippen LogP) is 3.43. The van der Waals surface area contributed by atoms with Crippen molar-refractivity contribution in [3.05, 3.63) is 58.6 Å². The van der Waals surface area contributed by atoms with Crippen LogP contribution in [0.4, 0.5) is 5.69 Å². The fourth-order valence-corrected chi connectivity index (χ4v) is 1.84. The van der Waals surface area contributed by atoms with Crippen LogP contribution in [0.5, 0.6) is 5.75 Å². The van der Waals surface area contributed by atoms with Gasteiger partial charge in [-0.2, -0.15) is 0 Å². The van der Waals surface area contributed by atoms with Crippen LogP contribution in [0.15, 0.2) is 53.0 Å². The van der Waals surface area contributed by atoms with Gasteiger partial charge in [0.05, 0.1) is 19.4 Å². The first-order valence-corrected chi connectivity index (χ1v) is 9.17. The maximum Gasteiger partial charge on any atom is 0.358 e. The van der Waals surface area contributed by atoms with Crippen molar-refractivity contribution in [2.75, 3.05) is 19.5 Å². The number of nitrogen functional groups attached to an aromatic ring is 1. The van der Waals surface area contributed by atoms with Gasteiger partial charge in [0, 0.05) is 15.7 Å². The Morgan fingerprint density at radius 3 is 1.90 bits per heavy atom. The van der Waals surface area contributed by atoms with E-state index in [2.05, 4.69) is 20.7 Å². The lowest BCUT2D eigenvalue weighted by Crippen LogP contribution is -2.22. The normalized spacial score (nSPS) is 8.97. The molecular formula is C20H25BrN4O4. The number of ether oxygens (including phenoxy) is 2. The molecule has 2 rings (SSSR count). The van der Waals surface area contributed by atoms with E-state index in [9.17, 15) is 9.59 Å². The number of anilines is 1. The van der Waals surface area contributed by atoms with Crippen molar-refractivity contribution in [2.24, 2.45) is 5.73 Å². The highest BCUT2D eigenvalue weighted by Crippen LogP contribution is 2.11. The van der Waals surface area contributed by atoms with E-state index in [1.54, 1.807) is 38.3 Å². The van der Waals surface area contributed by atoms with Crippen LogP contribution in [0, 0.1) is 10.8 Å². The zero-order chi connectivity index (χ0) is 22.4. The summed E-state index contributed by atoms with van der Waals surface area (Å²) in [5, 5.41) is 13.8. The molecule has 6 N–H and O–H groups in total. The van der Waals surface area contributed by atoms with E-state index in [1.807, 2.05) is 24.3 Å². The average molecular weight is 465 g/mol. The first kappa shape index (κ1) is 25.8. The first-order chi connectivity index (χ1) is 13.6. The molecule has 0 aromatic heterocycles. The lowest BCUT2D eigenvalue weighted by Gasteiger charge is -1.99. The Kier molecular flexibility index (Phi) is 12.4. The number of hydrogen-bond acceptors (Lipinski definition) is 7. The Morgan fingerprint density at radius 1 is 1.03 bits per heavy atom. The average Bonchev–Trinajstić information content (AvgIpc) is 2.70. The number of esters is 1. The highest BCUT2D eigenvalue weighted by Gasteiger charge is 2.10. The van der Waals surface area contributed by atoms with Gasteiger partial charge in [0.15, 0.2) is 5.71 Å². The molecule has 0 radical (unpaired) electrons. The van der Waals surface area contributed by atoms with E-state index in [0.717, 1.165) is 15.9 Å². The zero-order valence-corrected chi connectivity index (χ0v) is 18.1. The number of rotatable bonds is 5. The molecule has 0 heterocycles. The van der Waals surface area contributed by atoms with Crippen molar-refractivity contribution in [3.8, 4) is 5.75 Å². The van der Waals surface area contributed by atoms with Crippen LogP contribution in [0.1, 0.15) is 24.2 Å². The van der Waals surface area contributed by atoms with Crippen molar-refractivity contribution in [3.63, 3.8) is 0 Å². The molecule has 0 aliphatic rings. The minimum absolute atomic E-state index is 0.0709. The van der Waals surface area contributed by atoms with E-state index in [4.69, 9.17) is 27.0 Å². The number of carbonyl (C=O) groups is 2. The van der Waals surface area contributed by atoms with Crippen LogP contribution in [0.25, 0.3) is 0 Å². The van der Waals surface area contributed by atoms with Crippen molar-refractivity contribution >= 4 is 44.9 Å². The maximum atomic E-state index is 10.6. The van der Waals surface area contributed by atoms with Crippen molar-refractivity contribution in [2.45, 2.75) is 13.8 Å². The van der Waals surface area contributed by atoms with E-state index in [0.29, 0.717) is 5.56 Å². The number of amides is 1. The summed E-state index contributed by atoms with van der Waals surface area (Å²) in [4.78, 5) is 21.2. The maximum absolute atomic E-state index is 10.6. The van der Waals surface area contributed by atoms with Crippen LogP contribution >= 0.6 is 15.9 Å². The Balaban J connectivity index is 0.000000410. The summed E-state index contributed by atoms with van der Waals surface area (Å²) < 4.78 is 10.4. The monoisotopic (exact) mass is 464 g/mol. The molecule has 0 fully saturated rings. The predicted molar refractivity (Wildman–Crippen MR) is 118 cm³/mol. The smallest absolute Gasteiger partial charge is 0.358 e. The van der Waals surface area contributed by atoms with Gasteiger partial charge in [-0.25, -0.2) is 4.79 Å². The molecule has 9 heteroatoms. The second-order valence-electron chi connectivity index (χ2n) is 5.36. The molecule has 2 aromatic carbocycles. The Bertz CT molecular complexity index is 800. The topological polar surface area (TPSA) is 152 Å². The minimum Gasteiger partial charge on any atom is -0.497 e. The summed E-state index contributed by atoms with van der Waals surface area (Å²) in [5.74, 6) is -0.433. The van der Waals surface area contributed by atoms with Crippen molar-refractivity contribution in [1.29, 1.82) is 10.8 Å². The lowest BCUT2D eigenvalue weighted by molar-refractivity contribution is -0.134. The Labute approximate surface area is 178 Å². The van der Waals surface area contributed by atoms with Crippen LogP contribution in [-0.2, 0) is 9.53 Å². The largest absolute Gasteiger partial charge is 0.497 e. The van der Waals surface area contributed by atoms with Gasteiger partial charge in [0.1, 0.15) is 5.75 Å². The van der Waals surface area contributed by atoms with E-state index in [-0.39, 0.29) is 18.0 Å². The summed E-state index contributed by atoms with van der Waals surface area (Å²) in [6.45, 7) is 3.28. The molecule has 0 bridgehead atoms. The zero-order valence-electron chi connectivity index (χ0n) is 16.5. The van der Waals surface area contributed by atoms with E-state index < -0.39 is 11.9 Å². The molecular weight excluding hydrogens is 440 g/mol. The van der Waals surface area contributed by atoms with Gasteiger partial charge < -0.3 is 26.4 Å². The number of benzene rings is 2. The number of nitrogens with two attached hydrogens (primary N) is 2. The Morgan fingerprint density at radius 2 is 1.55 bits per heavy atom. The third-order valence-electron chi connectivity index (χ3n) is 3.10. The molecule has 0 aliphatic carbocycles. The number of methoxy groups -OCH3 is 1. The Hall–Kier alpha value is -3.20. The van der Waals surface area contributed by atoms with Gasteiger partial charge in [0.2, 0.25) is 5.91 Å². The summed E-state index contributed by atoms with van der Waals surface area (Å²) >= 11 is 3.29. The first-order valence-electron chi connectivity index (χ1n) is 8.38. The summed E-state index contributed by atoms with van der Waals surface area (Å²) in [5.41, 5.74) is 11.3. The summed E-state index contributed by atoms with van der Waals surface area (Å²) in [6.07, 6.45) is 0. The second-order valence-corrected chi connectivity index (χ2v) is 6.28. The molecule has 0 saturated heterocycles. The summed E-state index contributed by atoms with van der Waals surface area (Å²) in [7, 11) is 1.57. The van der Waals surface area contributed by atoms with Crippen LogP contribution in [-0.4, -0.2) is 37.0 Å². The number of hydrogen-bond donors (Lipinski definition) is 4. The lowest BCUT2D eigenvalue weighted by atomic mass is 10.2. The molecule has 29 heavy (non-hydrogen) atoms. The van der Waals surface area contributed by atoms with Crippen molar-refractivity contribution < 1.29 is 19.1 Å². The second kappa shape index (κ2) is 13.9. The third kappa shape index (κ3) is 11.3. The van der Waals surface area contributed by atoms with E-state index in [1.165, 1.54) is 6.92 Å². The molecule has 156 valence electrons. The minimum atomic E-state index is -0.727. The van der Waals surface area contributed by atoms with Gasteiger partial charge in [-0.15, -0.1) is 0 Å². The number of carbonyl (C=O) groups excluding carboxylic acids is 2. The van der Waals surface area contributed by atoms with E-state index >= 15 is 0 Å². The fourth-order valence-electron chi connectivity index (χ4n) is 1.57. The highest BCUT2D eigenvalue weighted by atomic mass is 79.9. The van der Waals surface area contributed by atoms with Gasteiger partial charge in [0.25, 0.3) is 0 Å².